The van der Waals surface area contributed by atoms with E-state index in [0.29, 0.717) is 18.2 Å². The summed E-state index contributed by atoms with van der Waals surface area (Å²) in [5, 5.41) is 8.98. The van der Waals surface area contributed by atoms with Crippen LogP contribution in [-0.4, -0.2) is 53.6 Å². The molecule has 0 bridgehead atoms. The number of halogens is 1. The molecule has 1 saturated heterocycles. The van der Waals surface area contributed by atoms with Gasteiger partial charge in [-0.05, 0) is 56.7 Å². The summed E-state index contributed by atoms with van der Waals surface area (Å²) in [6, 6.07) is 4.57. The number of benzene rings is 1. The SMILES string of the molecule is CCN1CCCC1CN(C)Cc1cc(F)cc(C(=O)O)c1. The molecule has 0 amide bonds. The fraction of sp³-hybridized carbons (Fsp3) is 0.562. The number of carboxylic acid groups (broad SMARTS) is 1. The maximum Gasteiger partial charge on any atom is 0.335 e. The van der Waals surface area contributed by atoms with Crippen LogP contribution in [0.15, 0.2) is 18.2 Å². The average Bonchev–Trinajstić information content (AvgIpc) is 2.84. The van der Waals surface area contributed by atoms with E-state index in [9.17, 15) is 9.18 Å². The third kappa shape index (κ3) is 4.25. The molecule has 1 aliphatic heterocycles. The number of hydrogen-bond acceptors (Lipinski definition) is 3. The van der Waals surface area contributed by atoms with Crippen LogP contribution in [0.4, 0.5) is 4.39 Å². The molecule has 0 radical (unpaired) electrons. The summed E-state index contributed by atoms with van der Waals surface area (Å²) in [4.78, 5) is 15.6. The minimum absolute atomic E-state index is 0.00875. The number of carbonyl (C=O) groups is 1. The predicted octanol–water partition coefficient (Wildman–Crippen LogP) is 2.44. The topological polar surface area (TPSA) is 43.8 Å². The number of rotatable bonds is 6. The molecular weight excluding hydrogens is 271 g/mol. The number of likely N-dealkylation sites (tertiary alicyclic amines) is 1. The van der Waals surface area contributed by atoms with Gasteiger partial charge in [-0.15, -0.1) is 0 Å². The summed E-state index contributed by atoms with van der Waals surface area (Å²) in [6.07, 6.45) is 2.43. The van der Waals surface area contributed by atoms with E-state index < -0.39 is 11.8 Å². The van der Waals surface area contributed by atoms with Gasteiger partial charge in [-0.3, -0.25) is 4.90 Å². The van der Waals surface area contributed by atoms with Crippen molar-refractivity contribution in [2.45, 2.75) is 32.4 Å². The maximum absolute atomic E-state index is 13.5. The fourth-order valence-electron chi connectivity index (χ4n) is 3.12. The summed E-state index contributed by atoms with van der Waals surface area (Å²) in [5.41, 5.74) is 0.713. The van der Waals surface area contributed by atoms with Crippen LogP contribution < -0.4 is 0 Å². The summed E-state index contributed by atoms with van der Waals surface area (Å²) in [6.45, 7) is 5.86. The van der Waals surface area contributed by atoms with Crippen LogP contribution in [0, 0.1) is 5.82 Å². The van der Waals surface area contributed by atoms with E-state index in [1.54, 1.807) is 6.07 Å². The van der Waals surface area contributed by atoms with Gasteiger partial charge >= 0.3 is 5.97 Å². The molecule has 1 aliphatic rings. The molecule has 1 aromatic rings. The number of likely N-dealkylation sites (N-methyl/N-ethyl adjacent to an activating group) is 2. The van der Waals surface area contributed by atoms with E-state index in [4.69, 9.17) is 5.11 Å². The second-order valence-corrected chi connectivity index (χ2v) is 5.77. The van der Waals surface area contributed by atoms with Crippen molar-refractivity contribution in [3.8, 4) is 0 Å². The van der Waals surface area contributed by atoms with Gasteiger partial charge in [0.05, 0.1) is 5.56 Å². The molecule has 0 aliphatic carbocycles. The van der Waals surface area contributed by atoms with Crippen LogP contribution in [0.3, 0.4) is 0 Å². The van der Waals surface area contributed by atoms with Crippen LogP contribution >= 0.6 is 0 Å². The largest absolute Gasteiger partial charge is 0.478 e. The Bertz CT molecular complexity index is 507. The van der Waals surface area contributed by atoms with Crippen LogP contribution in [0.1, 0.15) is 35.7 Å². The zero-order chi connectivity index (χ0) is 15.4. The van der Waals surface area contributed by atoms with Crippen LogP contribution in [0.5, 0.6) is 0 Å². The molecule has 2 rings (SSSR count). The Labute approximate surface area is 125 Å². The van der Waals surface area contributed by atoms with E-state index in [0.717, 1.165) is 25.7 Å². The van der Waals surface area contributed by atoms with Crippen LogP contribution in [0.25, 0.3) is 0 Å². The van der Waals surface area contributed by atoms with Crippen molar-refractivity contribution >= 4 is 5.97 Å². The Morgan fingerprint density at radius 3 is 2.90 bits per heavy atom. The molecule has 1 atom stereocenters. The standard InChI is InChI=1S/C16H23FN2O2/c1-3-19-6-4-5-15(19)11-18(2)10-12-7-13(16(20)21)9-14(17)8-12/h7-9,15H,3-6,10-11H2,1-2H3,(H,20,21). The number of carboxylic acids is 1. The molecule has 116 valence electrons. The van der Waals surface area contributed by atoms with Gasteiger partial charge in [0.2, 0.25) is 0 Å². The Balaban J connectivity index is 1.99. The Kier molecular flexibility index (Phi) is 5.31. The molecule has 1 fully saturated rings. The first kappa shape index (κ1) is 15.9. The van der Waals surface area contributed by atoms with E-state index in [2.05, 4.69) is 16.7 Å². The van der Waals surface area contributed by atoms with Crippen molar-refractivity contribution in [2.24, 2.45) is 0 Å². The molecule has 1 aromatic carbocycles. The lowest BCUT2D eigenvalue weighted by molar-refractivity contribution is 0.0696. The lowest BCUT2D eigenvalue weighted by Crippen LogP contribution is -2.38. The van der Waals surface area contributed by atoms with Gasteiger partial charge in [0.25, 0.3) is 0 Å². The van der Waals surface area contributed by atoms with Crippen molar-refractivity contribution < 1.29 is 14.3 Å². The molecule has 21 heavy (non-hydrogen) atoms. The van der Waals surface area contributed by atoms with Gasteiger partial charge < -0.3 is 10.0 Å². The smallest absolute Gasteiger partial charge is 0.335 e. The lowest BCUT2D eigenvalue weighted by atomic mass is 10.1. The third-order valence-corrected chi connectivity index (χ3v) is 4.08. The molecule has 1 N–H and O–H groups in total. The highest BCUT2D eigenvalue weighted by atomic mass is 19.1. The Morgan fingerprint density at radius 1 is 1.48 bits per heavy atom. The second kappa shape index (κ2) is 7.00. The number of hydrogen-bond donors (Lipinski definition) is 1. The monoisotopic (exact) mass is 294 g/mol. The summed E-state index contributed by atoms with van der Waals surface area (Å²) < 4.78 is 13.5. The van der Waals surface area contributed by atoms with Crippen molar-refractivity contribution in [1.82, 2.24) is 9.80 Å². The van der Waals surface area contributed by atoms with E-state index in [1.807, 2.05) is 7.05 Å². The zero-order valence-electron chi connectivity index (χ0n) is 12.7. The number of nitrogens with zero attached hydrogens (tertiary/aromatic N) is 2. The van der Waals surface area contributed by atoms with Gasteiger partial charge in [-0.2, -0.15) is 0 Å². The quantitative estimate of drug-likeness (QED) is 0.875. The van der Waals surface area contributed by atoms with Crippen molar-refractivity contribution in [3.63, 3.8) is 0 Å². The minimum Gasteiger partial charge on any atom is -0.478 e. The highest BCUT2D eigenvalue weighted by Crippen LogP contribution is 2.18. The Hall–Kier alpha value is -1.46. The number of aromatic carboxylic acids is 1. The predicted molar refractivity (Wildman–Crippen MR) is 80.0 cm³/mol. The van der Waals surface area contributed by atoms with Crippen molar-refractivity contribution in [2.75, 3.05) is 26.7 Å². The highest BCUT2D eigenvalue weighted by molar-refractivity contribution is 5.87. The Morgan fingerprint density at radius 2 is 2.24 bits per heavy atom. The van der Waals surface area contributed by atoms with Gasteiger partial charge in [0.1, 0.15) is 5.82 Å². The average molecular weight is 294 g/mol. The lowest BCUT2D eigenvalue weighted by Gasteiger charge is -2.27. The van der Waals surface area contributed by atoms with Gasteiger partial charge in [0.15, 0.2) is 0 Å². The fourth-order valence-corrected chi connectivity index (χ4v) is 3.12. The first-order valence-corrected chi connectivity index (χ1v) is 7.45. The molecule has 4 nitrogen and oxygen atoms in total. The molecular formula is C16H23FN2O2. The molecule has 0 spiro atoms. The molecule has 0 saturated carbocycles. The summed E-state index contributed by atoms with van der Waals surface area (Å²) in [7, 11) is 2.00. The van der Waals surface area contributed by atoms with E-state index >= 15 is 0 Å². The molecule has 0 aromatic heterocycles. The van der Waals surface area contributed by atoms with Crippen LogP contribution in [0.2, 0.25) is 0 Å². The van der Waals surface area contributed by atoms with Gasteiger partial charge in [-0.1, -0.05) is 6.92 Å². The van der Waals surface area contributed by atoms with Gasteiger partial charge in [-0.25, -0.2) is 9.18 Å². The zero-order valence-corrected chi connectivity index (χ0v) is 12.7. The van der Waals surface area contributed by atoms with Crippen molar-refractivity contribution in [3.05, 3.63) is 35.1 Å². The molecule has 1 heterocycles. The van der Waals surface area contributed by atoms with E-state index in [-0.39, 0.29) is 5.56 Å². The van der Waals surface area contributed by atoms with Crippen LogP contribution in [-0.2, 0) is 6.54 Å². The third-order valence-electron chi connectivity index (χ3n) is 4.08. The second-order valence-electron chi connectivity index (χ2n) is 5.77. The van der Waals surface area contributed by atoms with E-state index in [1.165, 1.54) is 18.9 Å². The maximum atomic E-state index is 13.5. The first-order valence-electron chi connectivity index (χ1n) is 7.45. The summed E-state index contributed by atoms with van der Waals surface area (Å²) >= 11 is 0. The minimum atomic E-state index is -1.09. The molecule has 5 heteroatoms. The molecule has 1 unspecified atom stereocenters. The highest BCUT2D eigenvalue weighted by Gasteiger charge is 2.24. The van der Waals surface area contributed by atoms with Crippen molar-refractivity contribution in [1.29, 1.82) is 0 Å². The first-order chi connectivity index (χ1) is 9.99. The van der Waals surface area contributed by atoms with Gasteiger partial charge in [0, 0.05) is 19.1 Å². The normalized spacial score (nSPS) is 19.3. The summed E-state index contributed by atoms with van der Waals surface area (Å²) in [5.74, 6) is -1.58.